The molecule has 126 valence electrons. The summed E-state index contributed by atoms with van der Waals surface area (Å²) in [7, 11) is 2.14. The molecule has 1 fully saturated rings. The van der Waals surface area contributed by atoms with Crippen LogP contribution in [0, 0.1) is 0 Å². The molecule has 3 rings (SSSR count). The van der Waals surface area contributed by atoms with Gasteiger partial charge in [0.1, 0.15) is 5.76 Å². The van der Waals surface area contributed by atoms with Gasteiger partial charge in [0.15, 0.2) is 0 Å². The zero-order chi connectivity index (χ0) is 16.8. The second kappa shape index (κ2) is 7.97. The van der Waals surface area contributed by atoms with Crippen molar-refractivity contribution in [3.8, 4) is 0 Å². The van der Waals surface area contributed by atoms with Gasteiger partial charge < -0.3 is 14.2 Å². The number of amides is 1. The van der Waals surface area contributed by atoms with Gasteiger partial charge >= 0.3 is 0 Å². The second-order valence-corrected chi connectivity index (χ2v) is 6.33. The average molecular weight is 324 g/mol. The number of likely N-dealkylation sites (tertiary alicyclic amines) is 1. The van der Waals surface area contributed by atoms with E-state index in [-0.39, 0.29) is 11.9 Å². The van der Waals surface area contributed by atoms with Crippen molar-refractivity contribution >= 4 is 12.0 Å². The van der Waals surface area contributed by atoms with Crippen molar-refractivity contribution in [3.63, 3.8) is 0 Å². The smallest absolute Gasteiger partial charge is 0.247 e. The molecule has 0 unspecified atom stereocenters. The number of nitrogens with zero attached hydrogens (tertiary/aromatic N) is 2. The topological polar surface area (TPSA) is 36.7 Å². The van der Waals surface area contributed by atoms with Gasteiger partial charge in [0.25, 0.3) is 0 Å². The first-order chi connectivity index (χ1) is 11.7. The summed E-state index contributed by atoms with van der Waals surface area (Å²) in [6, 6.07) is 14.1. The number of hydrogen-bond acceptors (Lipinski definition) is 3. The van der Waals surface area contributed by atoms with Crippen LogP contribution in [0.25, 0.3) is 6.08 Å². The first-order valence-corrected chi connectivity index (χ1v) is 8.47. The predicted molar refractivity (Wildman–Crippen MR) is 95.3 cm³/mol. The van der Waals surface area contributed by atoms with Gasteiger partial charge in [-0.3, -0.25) is 4.79 Å². The van der Waals surface area contributed by atoms with E-state index >= 15 is 0 Å². The fraction of sp³-hybridized carbons (Fsp3) is 0.350. The van der Waals surface area contributed by atoms with E-state index < -0.39 is 0 Å². The minimum Gasteiger partial charge on any atom is -0.465 e. The van der Waals surface area contributed by atoms with Crippen LogP contribution in [0.1, 0.15) is 24.2 Å². The number of hydrogen-bond donors (Lipinski definition) is 0. The van der Waals surface area contributed by atoms with E-state index in [1.807, 2.05) is 35.2 Å². The molecule has 1 aliphatic rings. The van der Waals surface area contributed by atoms with Gasteiger partial charge in [0.2, 0.25) is 5.91 Å². The van der Waals surface area contributed by atoms with Crippen LogP contribution in [-0.4, -0.2) is 41.9 Å². The van der Waals surface area contributed by atoms with Crippen LogP contribution >= 0.6 is 0 Å². The molecule has 0 N–H and O–H groups in total. The van der Waals surface area contributed by atoms with Gasteiger partial charge in [0, 0.05) is 18.7 Å². The van der Waals surface area contributed by atoms with Gasteiger partial charge in [0.05, 0.1) is 6.26 Å². The van der Waals surface area contributed by atoms with Gasteiger partial charge in [-0.15, -0.1) is 0 Å². The zero-order valence-electron chi connectivity index (χ0n) is 14.1. The van der Waals surface area contributed by atoms with Crippen LogP contribution < -0.4 is 0 Å². The molecule has 4 nitrogen and oxygen atoms in total. The standard InChI is InChI=1S/C20H24N2O2/c1-21-13-11-18(12-14-21)22(16-17-6-3-2-4-7-17)20(23)10-9-19-8-5-15-24-19/h2-10,15,18H,11-14,16H2,1H3/b10-9+. The molecule has 0 atom stereocenters. The molecule has 24 heavy (non-hydrogen) atoms. The Hall–Kier alpha value is -2.33. The molecule has 0 bridgehead atoms. The molecule has 0 radical (unpaired) electrons. The third kappa shape index (κ3) is 4.36. The van der Waals surface area contributed by atoms with E-state index in [9.17, 15) is 4.79 Å². The molecule has 0 spiro atoms. The van der Waals surface area contributed by atoms with E-state index in [0.29, 0.717) is 12.3 Å². The molecule has 2 heterocycles. The van der Waals surface area contributed by atoms with Crippen molar-refractivity contribution < 1.29 is 9.21 Å². The number of rotatable bonds is 5. The SMILES string of the molecule is CN1CCC(N(Cc2ccccc2)C(=O)/C=C/c2ccco2)CC1. The number of piperidine rings is 1. The highest BCUT2D eigenvalue weighted by Crippen LogP contribution is 2.19. The monoisotopic (exact) mass is 324 g/mol. The summed E-state index contributed by atoms with van der Waals surface area (Å²) in [6.07, 6.45) is 7.02. The van der Waals surface area contributed by atoms with Gasteiger partial charge in [-0.2, -0.15) is 0 Å². The summed E-state index contributed by atoms with van der Waals surface area (Å²) in [5.41, 5.74) is 1.16. The summed E-state index contributed by atoms with van der Waals surface area (Å²) >= 11 is 0. The molecule has 2 aromatic rings. The molecule has 0 saturated carbocycles. The fourth-order valence-corrected chi connectivity index (χ4v) is 3.11. The van der Waals surface area contributed by atoms with Crippen LogP contribution in [0.15, 0.2) is 59.2 Å². The van der Waals surface area contributed by atoms with Crippen molar-refractivity contribution in [1.29, 1.82) is 0 Å². The number of furan rings is 1. The van der Waals surface area contributed by atoms with E-state index in [2.05, 4.69) is 24.1 Å². The summed E-state index contributed by atoms with van der Waals surface area (Å²) in [5, 5.41) is 0. The lowest BCUT2D eigenvalue weighted by Gasteiger charge is -2.37. The second-order valence-electron chi connectivity index (χ2n) is 6.33. The van der Waals surface area contributed by atoms with Gasteiger partial charge in [-0.05, 0) is 56.8 Å². The minimum atomic E-state index is 0.0461. The fourth-order valence-electron chi connectivity index (χ4n) is 3.11. The van der Waals surface area contributed by atoms with E-state index in [1.165, 1.54) is 0 Å². The molecule has 1 aromatic heterocycles. The van der Waals surface area contributed by atoms with E-state index in [0.717, 1.165) is 31.5 Å². The average Bonchev–Trinajstić information content (AvgIpc) is 3.13. The first-order valence-electron chi connectivity index (χ1n) is 8.47. The lowest BCUT2D eigenvalue weighted by atomic mass is 10.0. The molecule has 1 aliphatic heterocycles. The van der Waals surface area contributed by atoms with Crippen LogP contribution in [0.2, 0.25) is 0 Å². The molecule has 1 amide bonds. The third-order valence-corrected chi connectivity index (χ3v) is 4.54. The Balaban J connectivity index is 1.74. The summed E-state index contributed by atoms with van der Waals surface area (Å²) in [5.74, 6) is 0.746. The van der Waals surface area contributed by atoms with Crippen molar-refractivity contribution in [3.05, 3.63) is 66.1 Å². The minimum absolute atomic E-state index is 0.0461. The lowest BCUT2D eigenvalue weighted by Crippen LogP contribution is -2.45. The largest absolute Gasteiger partial charge is 0.465 e. The van der Waals surface area contributed by atoms with E-state index in [1.54, 1.807) is 18.4 Å². The van der Waals surface area contributed by atoms with Crippen molar-refractivity contribution in [2.75, 3.05) is 20.1 Å². The normalized spacial score (nSPS) is 16.5. The summed E-state index contributed by atoms with van der Waals surface area (Å²) in [4.78, 5) is 17.1. The maximum atomic E-state index is 12.8. The zero-order valence-corrected chi connectivity index (χ0v) is 14.1. The van der Waals surface area contributed by atoms with Crippen LogP contribution in [-0.2, 0) is 11.3 Å². The highest BCUT2D eigenvalue weighted by Gasteiger charge is 2.25. The van der Waals surface area contributed by atoms with E-state index in [4.69, 9.17) is 4.42 Å². The van der Waals surface area contributed by atoms with Crippen molar-refractivity contribution in [1.82, 2.24) is 9.80 Å². The Bertz CT molecular complexity index is 656. The first kappa shape index (κ1) is 16.5. The quantitative estimate of drug-likeness (QED) is 0.791. The molecule has 1 saturated heterocycles. The maximum absolute atomic E-state index is 12.8. The summed E-state index contributed by atoms with van der Waals surface area (Å²) in [6.45, 7) is 2.72. The Morgan fingerprint density at radius 2 is 1.96 bits per heavy atom. The summed E-state index contributed by atoms with van der Waals surface area (Å²) < 4.78 is 5.28. The maximum Gasteiger partial charge on any atom is 0.247 e. The van der Waals surface area contributed by atoms with Crippen LogP contribution in [0.4, 0.5) is 0 Å². The molecular weight excluding hydrogens is 300 g/mol. The molecule has 1 aromatic carbocycles. The van der Waals surface area contributed by atoms with Crippen molar-refractivity contribution in [2.45, 2.75) is 25.4 Å². The Morgan fingerprint density at radius 3 is 2.62 bits per heavy atom. The number of benzene rings is 1. The highest BCUT2D eigenvalue weighted by molar-refractivity contribution is 5.91. The lowest BCUT2D eigenvalue weighted by molar-refractivity contribution is -0.129. The predicted octanol–water partition coefficient (Wildman–Crippen LogP) is 3.42. The molecule has 4 heteroatoms. The van der Waals surface area contributed by atoms with Crippen LogP contribution in [0.3, 0.4) is 0 Å². The Labute approximate surface area is 143 Å². The van der Waals surface area contributed by atoms with Crippen LogP contribution in [0.5, 0.6) is 0 Å². The van der Waals surface area contributed by atoms with Crippen molar-refractivity contribution in [2.24, 2.45) is 0 Å². The number of carbonyl (C=O) groups excluding carboxylic acids is 1. The number of carbonyl (C=O) groups is 1. The Morgan fingerprint density at radius 1 is 1.21 bits per heavy atom. The Kier molecular flexibility index (Phi) is 5.49. The highest BCUT2D eigenvalue weighted by atomic mass is 16.3. The van der Waals surface area contributed by atoms with Gasteiger partial charge in [-0.1, -0.05) is 30.3 Å². The van der Waals surface area contributed by atoms with Gasteiger partial charge in [-0.25, -0.2) is 0 Å². The molecule has 0 aliphatic carbocycles. The molecular formula is C20H24N2O2. The third-order valence-electron chi connectivity index (χ3n) is 4.54.